The van der Waals surface area contributed by atoms with Gasteiger partial charge in [0.25, 0.3) is 11.1 Å². The summed E-state index contributed by atoms with van der Waals surface area (Å²) in [6.07, 6.45) is 2.25. The second-order valence-electron chi connectivity index (χ2n) is 7.66. The molecule has 2 aromatic heterocycles. The third-order valence-corrected chi connectivity index (χ3v) is 6.36. The van der Waals surface area contributed by atoms with Crippen LogP contribution in [0.1, 0.15) is 22.4 Å². The Morgan fingerprint density at radius 1 is 0.909 bits per heavy atom. The normalized spacial score (nSPS) is 11.7. The van der Waals surface area contributed by atoms with Gasteiger partial charge in [-0.2, -0.15) is 4.98 Å². The molecule has 0 aliphatic carbocycles. The van der Waals surface area contributed by atoms with Crippen molar-refractivity contribution >= 4 is 22.4 Å². The molecule has 162 valence electrons. The van der Waals surface area contributed by atoms with Crippen LogP contribution in [0.15, 0.2) is 94.5 Å². The summed E-state index contributed by atoms with van der Waals surface area (Å²) in [5, 5.41) is 0. The molecule has 0 aliphatic rings. The number of hydrogen-bond donors (Lipinski definition) is 0. The summed E-state index contributed by atoms with van der Waals surface area (Å²) in [5.74, 6) is 1.42. The molecule has 0 saturated carbocycles. The lowest BCUT2D eigenvalue weighted by atomic mass is 10.1. The number of rotatable bonds is 5. The van der Waals surface area contributed by atoms with E-state index in [1.807, 2.05) is 84.9 Å². The van der Waals surface area contributed by atoms with Gasteiger partial charge in [-0.25, -0.2) is 0 Å². The van der Waals surface area contributed by atoms with E-state index < -0.39 is 0 Å². The largest absolute Gasteiger partial charge is 0.457 e. The van der Waals surface area contributed by atoms with E-state index in [0.29, 0.717) is 32.9 Å². The maximum absolute atomic E-state index is 13.2. The zero-order valence-electron chi connectivity index (χ0n) is 17.9. The van der Waals surface area contributed by atoms with Gasteiger partial charge < -0.3 is 4.74 Å². The van der Waals surface area contributed by atoms with E-state index in [9.17, 15) is 9.59 Å². The molecule has 5 rings (SSSR count). The number of fused-ring (bicyclic) bond motifs is 1. The number of benzene rings is 3. The van der Waals surface area contributed by atoms with Gasteiger partial charge in [0, 0.05) is 17.7 Å². The Morgan fingerprint density at radius 2 is 1.61 bits per heavy atom. The van der Waals surface area contributed by atoms with E-state index in [-0.39, 0.29) is 11.1 Å². The fraction of sp³-hybridized carbons (Fsp3) is 0.0741. The van der Waals surface area contributed by atoms with Crippen LogP contribution in [0.5, 0.6) is 11.5 Å². The smallest absolute Gasteiger partial charge is 0.277 e. The molecule has 0 spiro atoms. The van der Waals surface area contributed by atoms with Gasteiger partial charge in [-0.05, 0) is 48.4 Å². The van der Waals surface area contributed by atoms with Gasteiger partial charge in [-0.1, -0.05) is 72.0 Å². The predicted octanol–water partition coefficient (Wildman–Crippen LogP) is 4.36. The van der Waals surface area contributed by atoms with Gasteiger partial charge in [0.2, 0.25) is 4.96 Å². The molecule has 0 unspecified atom stereocenters. The number of aryl methyl sites for hydroxylation is 1. The Balaban J connectivity index is 1.55. The number of para-hydroxylation sites is 1. The van der Waals surface area contributed by atoms with Crippen molar-refractivity contribution in [1.29, 1.82) is 0 Å². The van der Waals surface area contributed by atoms with Crippen molar-refractivity contribution in [3.63, 3.8) is 0 Å². The molecular weight excluding hydrogens is 432 g/mol. The molecule has 0 aliphatic heterocycles. The SMILES string of the molecule is Cc1c(Cc2ccccc2)c(=O)nc2sc(=Cc3cccc(Oc4ccccc4)c3)c(=O)n12. The molecule has 3 aromatic carbocycles. The highest BCUT2D eigenvalue weighted by Gasteiger charge is 2.15. The second-order valence-corrected chi connectivity index (χ2v) is 8.67. The summed E-state index contributed by atoms with van der Waals surface area (Å²) in [6.45, 7) is 1.81. The minimum absolute atomic E-state index is 0.177. The zero-order chi connectivity index (χ0) is 22.8. The van der Waals surface area contributed by atoms with Gasteiger partial charge in [-0.3, -0.25) is 14.0 Å². The first-order valence-corrected chi connectivity index (χ1v) is 11.3. The highest BCUT2D eigenvalue weighted by atomic mass is 32.1. The molecule has 0 N–H and O–H groups in total. The number of nitrogens with zero attached hydrogens (tertiary/aromatic N) is 2. The molecule has 0 saturated heterocycles. The van der Waals surface area contributed by atoms with E-state index in [1.54, 1.807) is 17.4 Å². The van der Waals surface area contributed by atoms with Crippen LogP contribution in [0.25, 0.3) is 11.0 Å². The summed E-state index contributed by atoms with van der Waals surface area (Å²) in [7, 11) is 0. The molecular formula is C27H20N2O3S. The van der Waals surface area contributed by atoms with Gasteiger partial charge in [0.1, 0.15) is 11.5 Å². The average Bonchev–Trinajstić information content (AvgIpc) is 3.13. The van der Waals surface area contributed by atoms with Gasteiger partial charge in [0.15, 0.2) is 0 Å². The van der Waals surface area contributed by atoms with Crippen LogP contribution in [0, 0.1) is 6.92 Å². The van der Waals surface area contributed by atoms with Crippen LogP contribution in [0.3, 0.4) is 0 Å². The van der Waals surface area contributed by atoms with E-state index in [0.717, 1.165) is 16.9 Å². The number of hydrogen-bond acceptors (Lipinski definition) is 5. The molecule has 2 heterocycles. The first-order chi connectivity index (χ1) is 16.1. The van der Waals surface area contributed by atoms with Crippen LogP contribution in [-0.4, -0.2) is 9.38 Å². The van der Waals surface area contributed by atoms with Crippen molar-refractivity contribution in [3.05, 3.63) is 133 Å². The molecule has 0 amide bonds. The minimum Gasteiger partial charge on any atom is -0.457 e. The maximum Gasteiger partial charge on any atom is 0.277 e. The summed E-state index contributed by atoms with van der Waals surface area (Å²) in [4.78, 5) is 30.5. The lowest BCUT2D eigenvalue weighted by molar-refractivity contribution is 0.482. The van der Waals surface area contributed by atoms with Crippen LogP contribution >= 0.6 is 11.3 Å². The Labute approximate surface area is 193 Å². The van der Waals surface area contributed by atoms with Crippen molar-refractivity contribution in [3.8, 4) is 11.5 Å². The van der Waals surface area contributed by atoms with Gasteiger partial charge in [-0.15, -0.1) is 0 Å². The summed E-state index contributed by atoms with van der Waals surface area (Å²) in [5.41, 5.74) is 2.54. The minimum atomic E-state index is -0.289. The number of thiazole rings is 1. The third-order valence-electron chi connectivity index (χ3n) is 5.39. The molecule has 0 fully saturated rings. The fourth-order valence-corrected chi connectivity index (χ4v) is 4.75. The van der Waals surface area contributed by atoms with E-state index >= 15 is 0 Å². The van der Waals surface area contributed by atoms with Crippen LogP contribution in [0.2, 0.25) is 0 Å². The Bertz CT molecular complexity index is 1610. The van der Waals surface area contributed by atoms with Crippen LogP contribution in [-0.2, 0) is 6.42 Å². The lowest BCUT2D eigenvalue weighted by Gasteiger charge is -2.06. The van der Waals surface area contributed by atoms with E-state index in [4.69, 9.17) is 4.74 Å². The predicted molar refractivity (Wildman–Crippen MR) is 131 cm³/mol. The summed E-state index contributed by atoms with van der Waals surface area (Å²) < 4.78 is 7.95. The first-order valence-electron chi connectivity index (χ1n) is 10.5. The molecule has 0 atom stereocenters. The van der Waals surface area contributed by atoms with E-state index in [2.05, 4.69) is 4.98 Å². The van der Waals surface area contributed by atoms with Crippen LogP contribution < -0.4 is 20.4 Å². The van der Waals surface area contributed by atoms with Crippen molar-refractivity contribution in [2.75, 3.05) is 0 Å². The molecule has 5 aromatic rings. The van der Waals surface area contributed by atoms with Crippen molar-refractivity contribution in [2.45, 2.75) is 13.3 Å². The Kier molecular flexibility index (Phi) is 5.59. The second kappa shape index (κ2) is 8.84. The molecule has 6 heteroatoms. The Hall–Kier alpha value is -4.03. The lowest BCUT2D eigenvalue weighted by Crippen LogP contribution is -2.27. The van der Waals surface area contributed by atoms with Crippen molar-refractivity contribution in [2.24, 2.45) is 0 Å². The highest BCUT2D eigenvalue weighted by molar-refractivity contribution is 7.15. The van der Waals surface area contributed by atoms with Crippen LogP contribution in [0.4, 0.5) is 0 Å². The maximum atomic E-state index is 13.2. The van der Waals surface area contributed by atoms with Gasteiger partial charge in [0.05, 0.1) is 4.53 Å². The zero-order valence-corrected chi connectivity index (χ0v) is 18.7. The highest BCUT2D eigenvalue weighted by Crippen LogP contribution is 2.22. The molecule has 33 heavy (non-hydrogen) atoms. The standard InChI is InChI=1S/C27H20N2O3S/c1-18-23(16-19-9-4-2-5-10-19)25(30)28-27-29(18)26(31)24(33-27)17-20-11-8-14-22(15-20)32-21-12-6-3-7-13-21/h2-15,17H,16H2,1H3. The first kappa shape index (κ1) is 20.8. The number of aromatic nitrogens is 2. The average molecular weight is 453 g/mol. The summed E-state index contributed by atoms with van der Waals surface area (Å²) >= 11 is 1.21. The van der Waals surface area contributed by atoms with Crippen molar-refractivity contribution in [1.82, 2.24) is 9.38 Å². The third kappa shape index (κ3) is 4.33. The molecule has 5 nitrogen and oxygen atoms in total. The number of ether oxygens (including phenoxy) is 1. The summed E-state index contributed by atoms with van der Waals surface area (Å²) in [6, 6.07) is 26.8. The van der Waals surface area contributed by atoms with Gasteiger partial charge >= 0.3 is 0 Å². The topological polar surface area (TPSA) is 60.7 Å². The Morgan fingerprint density at radius 3 is 2.36 bits per heavy atom. The van der Waals surface area contributed by atoms with E-state index in [1.165, 1.54) is 11.3 Å². The van der Waals surface area contributed by atoms with Crippen molar-refractivity contribution < 1.29 is 4.74 Å². The molecule has 0 radical (unpaired) electrons. The monoisotopic (exact) mass is 452 g/mol. The fourth-order valence-electron chi connectivity index (χ4n) is 3.74. The molecule has 0 bridgehead atoms. The quantitative estimate of drug-likeness (QED) is 0.398.